The van der Waals surface area contributed by atoms with Crippen molar-refractivity contribution >= 4 is 40.6 Å². The van der Waals surface area contributed by atoms with E-state index in [1.807, 2.05) is 0 Å². The molecule has 2 heterocycles. The zero-order valence-electron chi connectivity index (χ0n) is 18.9. The molecule has 2 aromatic heterocycles. The summed E-state index contributed by atoms with van der Waals surface area (Å²) >= 11 is 7.12. The first-order valence-electron chi connectivity index (χ1n) is 10.7. The Labute approximate surface area is 209 Å². The largest absolute Gasteiger partial charge is 0.430 e. The first-order valence-corrected chi connectivity index (χ1v) is 11.8. The van der Waals surface area contributed by atoms with Crippen molar-refractivity contribution in [3.63, 3.8) is 0 Å². The van der Waals surface area contributed by atoms with Gasteiger partial charge in [0.05, 0.1) is 13.1 Å². The maximum Gasteiger partial charge on any atom is 0.355 e. The lowest BCUT2D eigenvalue weighted by Gasteiger charge is -2.15. The van der Waals surface area contributed by atoms with Crippen LogP contribution in [0.2, 0.25) is 5.02 Å². The lowest BCUT2D eigenvalue weighted by Crippen LogP contribution is -2.44. The van der Waals surface area contributed by atoms with Gasteiger partial charge in [0.1, 0.15) is 11.6 Å². The van der Waals surface area contributed by atoms with Gasteiger partial charge in [0.2, 0.25) is 5.95 Å². The maximum absolute atomic E-state index is 13.2. The second-order valence-corrected chi connectivity index (χ2v) is 8.70. The quantitative estimate of drug-likeness (QED) is 0.359. The number of hydrogen-bond donors (Lipinski definition) is 1. The standard InChI is InChI=1S/C23H21ClN6O4S/c1-3-18(31)13-30-21(32)27-20(29(23(30)33)12-15-4-6-16(24)7-5-15)26-17-8-10-19(11-9-17)34-22-25-14(2)28-35-22/h4-11H,3,12-13H2,1-2H3,(H,26,27,32). The van der Waals surface area contributed by atoms with Gasteiger partial charge in [0.15, 0.2) is 5.78 Å². The van der Waals surface area contributed by atoms with E-state index in [0.717, 1.165) is 21.7 Å². The van der Waals surface area contributed by atoms with Crippen LogP contribution in [0.4, 0.5) is 11.6 Å². The molecule has 0 amide bonds. The highest BCUT2D eigenvalue weighted by atomic mass is 35.5. The summed E-state index contributed by atoms with van der Waals surface area (Å²) in [6.45, 7) is 3.23. The molecule has 4 aromatic rings. The van der Waals surface area contributed by atoms with E-state index in [4.69, 9.17) is 16.3 Å². The third kappa shape index (κ3) is 6.00. The molecule has 0 radical (unpaired) electrons. The smallest absolute Gasteiger partial charge is 0.355 e. The van der Waals surface area contributed by atoms with Crippen molar-refractivity contribution in [1.82, 2.24) is 23.5 Å². The number of anilines is 2. The summed E-state index contributed by atoms with van der Waals surface area (Å²) in [6, 6.07) is 13.8. The van der Waals surface area contributed by atoms with Crippen LogP contribution in [-0.2, 0) is 17.9 Å². The van der Waals surface area contributed by atoms with Crippen LogP contribution in [0.15, 0.2) is 58.1 Å². The van der Waals surface area contributed by atoms with Crippen LogP contribution in [-0.4, -0.2) is 29.3 Å². The fourth-order valence-corrected chi connectivity index (χ4v) is 3.80. The number of aromatic nitrogens is 5. The molecule has 0 saturated carbocycles. The van der Waals surface area contributed by atoms with Crippen LogP contribution in [0, 0.1) is 6.92 Å². The molecule has 180 valence electrons. The Hall–Kier alpha value is -3.83. The number of ketones is 1. The van der Waals surface area contributed by atoms with Gasteiger partial charge in [-0.1, -0.05) is 30.7 Å². The number of hydrogen-bond acceptors (Lipinski definition) is 9. The molecule has 0 aliphatic heterocycles. The van der Waals surface area contributed by atoms with Crippen molar-refractivity contribution in [2.75, 3.05) is 5.32 Å². The van der Waals surface area contributed by atoms with E-state index in [9.17, 15) is 14.4 Å². The number of rotatable bonds is 9. The summed E-state index contributed by atoms with van der Waals surface area (Å²) in [5, 5.41) is 4.00. The van der Waals surface area contributed by atoms with E-state index < -0.39 is 11.4 Å². The molecule has 12 heteroatoms. The van der Waals surface area contributed by atoms with Crippen molar-refractivity contribution in [3.8, 4) is 10.9 Å². The van der Waals surface area contributed by atoms with E-state index in [0.29, 0.717) is 27.5 Å². The second-order valence-electron chi connectivity index (χ2n) is 7.55. The molecule has 0 aliphatic carbocycles. The molecule has 0 unspecified atom stereocenters. The summed E-state index contributed by atoms with van der Waals surface area (Å²) in [5.41, 5.74) is -0.108. The molecular weight excluding hydrogens is 492 g/mol. The Morgan fingerprint density at radius 2 is 1.77 bits per heavy atom. The number of ether oxygens (including phenoxy) is 1. The Balaban J connectivity index is 1.65. The fraction of sp³-hybridized carbons (Fsp3) is 0.217. The third-order valence-corrected chi connectivity index (χ3v) is 5.90. The average molecular weight is 513 g/mol. The van der Waals surface area contributed by atoms with Crippen LogP contribution in [0.1, 0.15) is 24.7 Å². The summed E-state index contributed by atoms with van der Waals surface area (Å²) in [5.74, 6) is 0.977. The minimum absolute atomic E-state index is 0.0450. The van der Waals surface area contributed by atoms with Crippen LogP contribution < -0.4 is 21.4 Å². The molecule has 0 bridgehead atoms. The van der Waals surface area contributed by atoms with Gasteiger partial charge in [0, 0.05) is 28.7 Å². The highest BCUT2D eigenvalue weighted by Gasteiger charge is 2.16. The van der Waals surface area contributed by atoms with E-state index in [-0.39, 0.29) is 31.2 Å². The molecule has 0 aliphatic rings. The first-order chi connectivity index (χ1) is 16.8. The summed E-state index contributed by atoms with van der Waals surface area (Å²) in [7, 11) is 0. The lowest BCUT2D eigenvalue weighted by molar-refractivity contribution is -0.119. The predicted molar refractivity (Wildman–Crippen MR) is 133 cm³/mol. The molecule has 35 heavy (non-hydrogen) atoms. The van der Waals surface area contributed by atoms with Crippen molar-refractivity contribution < 1.29 is 9.53 Å². The minimum atomic E-state index is -0.807. The van der Waals surface area contributed by atoms with Gasteiger partial charge in [-0.25, -0.2) is 14.2 Å². The van der Waals surface area contributed by atoms with Crippen LogP contribution in [0.25, 0.3) is 0 Å². The van der Waals surface area contributed by atoms with Crippen molar-refractivity contribution in [2.45, 2.75) is 33.4 Å². The van der Waals surface area contributed by atoms with Gasteiger partial charge in [-0.05, 0) is 48.9 Å². The minimum Gasteiger partial charge on any atom is -0.430 e. The normalized spacial score (nSPS) is 10.8. The molecular formula is C23H21ClN6O4S. The molecule has 0 atom stereocenters. The average Bonchev–Trinajstić information content (AvgIpc) is 3.25. The van der Waals surface area contributed by atoms with Crippen LogP contribution in [0.3, 0.4) is 0 Å². The zero-order chi connectivity index (χ0) is 24.9. The molecule has 4 rings (SSSR count). The fourth-order valence-electron chi connectivity index (χ4n) is 3.12. The number of halogens is 1. The Morgan fingerprint density at radius 3 is 2.40 bits per heavy atom. The number of carbonyl (C=O) groups excluding carboxylic acids is 1. The van der Waals surface area contributed by atoms with E-state index >= 15 is 0 Å². The summed E-state index contributed by atoms with van der Waals surface area (Å²) in [6.07, 6.45) is 0.202. The van der Waals surface area contributed by atoms with Crippen molar-refractivity contribution in [2.24, 2.45) is 0 Å². The molecule has 2 aromatic carbocycles. The third-order valence-electron chi connectivity index (χ3n) is 4.96. The number of benzene rings is 2. The van der Waals surface area contributed by atoms with Crippen molar-refractivity contribution in [1.29, 1.82) is 0 Å². The number of nitrogens with one attached hydrogen (secondary N) is 1. The molecule has 10 nitrogen and oxygen atoms in total. The Kier molecular flexibility index (Phi) is 7.37. The summed E-state index contributed by atoms with van der Waals surface area (Å²) in [4.78, 5) is 46.0. The van der Waals surface area contributed by atoms with Gasteiger partial charge in [-0.3, -0.25) is 9.36 Å². The topological polar surface area (TPSA) is 121 Å². The van der Waals surface area contributed by atoms with Gasteiger partial charge in [0.25, 0.3) is 5.19 Å². The zero-order valence-corrected chi connectivity index (χ0v) is 20.5. The van der Waals surface area contributed by atoms with Gasteiger partial charge in [-0.2, -0.15) is 14.3 Å². The lowest BCUT2D eigenvalue weighted by atomic mass is 10.2. The second kappa shape index (κ2) is 10.6. The van der Waals surface area contributed by atoms with Gasteiger partial charge < -0.3 is 10.1 Å². The Morgan fingerprint density at radius 1 is 1.06 bits per heavy atom. The first kappa shape index (κ1) is 24.3. The van der Waals surface area contributed by atoms with Crippen LogP contribution in [0.5, 0.6) is 10.9 Å². The highest BCUT2D eigenvalue weighted by Crippen LogP contribution is 2.25. The molecule has 0 fully saturated rings. The monoisotopic (exact) mass is 512 g/mol. The predicted octanol–water partition coefficient (Wildman–Crippen LogP) is 3.78. The number of Topliss-reactive ketones (excluding diaryl/α,β-unsaturated/α-hetero) is 1. The maximum atomic E-state index is 13.2. The van der Waals surface area contributed by atoms with E-state index in [1.165, 1.54) is 4.57 Å². The summed E-state index contributed by atoms with van der Waals surface area (Å²) < 4.78 is 11.9. The highest BCUT2D eigenvalue weighted by molar-refractivity contribution is 7.07. The number of aryl methyl sites for hydroxylation is 1. The molecule has 1 N–H and O–H groups in total. The van der Waals surface area contributed by atoms with E-state index in [1.54, 1.807) is 62.4 Å². The Bertz CT molecular complexity index is 1460. The van der Waals surface area contributed by atoms with Crippen molar-refractivity contribution in [3.05, 3.63) is 85.9 Å². The van der Waals surface area contributed by atoms with E-state index in [2.05, 4.69) is 19.7 Å². The number of carbonyl (C=O) groups is 1. The van der Waals surface area contributed by atoms with Gasteiger partial charge in [-0.15, -0.1) is 0 Å². The molecule has 0 saturated heterocycles. The van der Waals surface area contributed by atoms with Gasteiger partial charge >= 0.3 is 11.4 Å². The molecule has 0 spiro atoms. The SMILES string of the molecule is CCC(=O)Cn1c(=O)nc(Nc2ccc(Oc3nc(C)ns3)cc2)n(Cc2ccc(Cl)cc2)c1=O. The number of nitrogens with zero attached hydrogens (tertiary/aromatic N) is 5. The van der Waals surface area contributed by atoms with Crippen LogP contribution >= 0.6 is 23.1 Å².